The Hall–Kier alpha value is -2.33. The maximum absolute atomic E-state index is 5.79. The first-order valence-corrected chi connectivity index (χ1v) is 8.90. The van der Waals surface area contributed by atoms with Crippen molar-refractivity contribution in [3.05, 3.63) is 58.6 Å². The molecule has 129 valence electrons. The van der Waals surface area contributed by atoms with Gasteiger partial charge in [-0.1, -0.05) is 30.3 Å². The highest BCUT2D eigenvalue weighted by Crippen LogP contribution is 2.27. The molecule has 1 atom stereocenters. The molecule has 1 radical (unpaired) electrons. The van der Waals surface area contributed by atoms with E-state index in [1.54, 1.807) is 7.11 Å². The molecule has 0 aliphatic carbocycles. The molecule has 4 rings (SSSR count). The SMILES string of the molecule is COc1c(N2CCN(C)CC2)ccc2c1=[C]CC(c1ccccc1)N=2. The summed E-state index contributed by atoms with van der Waals surface area (Å²) in [5, 5.41) is 2.00. The minimum absolute atomic E-state index is 0.146. The molecule has 1 saturated heterocycles. The number of rotatable bonds is 3. The van der Waals surface area contributed by atoms with E-state index in [1.807, 2.05) is 6.07 Å². The Bertz CT molecular complexity index is 855. The van der Waals surface area contributed by atoms with Crippen LogP contribution in [0.3, 0.4) is 0 Å². The molecule has 4 heteroatoms. The molecule has 0 N–H and O–H groups in total. The number of hydrogen-bond acceptors (Lipinski definition) is 4. The molecule has 1 unspecified atom stereocenters. The molecule has 2 heterocycles. The van der Waals surface area contributed by atoms with Gasteiger partial charge in [-0.15, -0.1) is 0 Å². The van der Waals surface area contributed by atoms with Gasteiger partial charge >= 0.3 is 0 Å². The maximum Gasteiger partial charge on any atom is 0.151 e. The summed E-state index contributed by atoms with van der Waals surface area (Å²) in [6.07, 6.45) is 4.35. The highest BCUT2D eigenvalue weighted by atomic mass is 16.5. The highest BCUT2D eigenvalue weighted by molar-refractivity contribution is 5.61. The third kappa shape index (κ3) is 3.14. The zero-order chi connectivity index (χ0) is 17.2. The topological polar surface area (TPSA) is 28.1 Å². The van der Waals surface area contributed by atoms with E-state index in [-0.39, 0.29) is 6.04 Å². The zero-order valence-corrected chi connectivity index (χ0v) is 14.9. The number of piperazine rings is 1. The Morgan fingerprint density at radius 3 is 2.52 bits per heavy atom. The summed E-state index contributed by atoms with van der Waals surface area (Å²) < 4.78 is 5.79. The number of nitrogens with zero attached hydrogens (tertiary/aromatic N) is 3. The molecular formula is C21H24N3O. The summed E-state index contributed by atoms with van der Waals surface area (Å²) >= 11 is 0. The minimum atomic E-state index is 0.146. The average Bonchev–Trinajstić information content (AvgIpc) is 2.68. The predicted molar refractivity (Wildman–Crippen MR) is 101 cm³/mol. The number of fused-ring (bicyclic) bond motifs is 1. The first kappa shape index (κ1) is 16.2. The second-order valence-electron chi connectivity index (χ2n) is 6.74. The Morgan fingerprint density at radius 2 is 1.80 bits per heavy atom. The molecule has 0 bridgehead atoms. The molecule has 0 amide bonds. The van der Waals surface area contributed by atoms with Gasteiger partial charge in [0.2, 0.25) is 0 Å². The van der Waals surface area contributed by atoms with Crippen LogP contribution in [0.25, 0.3) is 6.08 Å². The largest absolute Gasteiger partial charge is 0.494 e. The van der Waals surface area contributed by atoms with Crippen LogP contribution in [-0.4, -0.2) is 45.2 Å². The zero-order valence-electron chi connectivity index (χ0n) is 14.9. The molecule has 0 saturated carbocycles. The third-order valence-electron chi connectivity index (χ3n) is 5.11. The Balaban J connectivity index is 1.72. The number of methoxy groups -OCH3 is 1. The summed E-state index contributed by atoms with van der Waals surface area (Å²) in [6, 6.07) is 14.9. The Kier molecular flexibility index (Phi) is 4.45. The van der Waals surface area contributed by atoms with Gasteiger partial charge in [0.05, 0.1) is 24.2 Å². The quantitative estimate of drug-likeness (QED) is 0.858. The summed E-state index contributed by atoms with van der Waals surface area (Å²) in [5.41, 5.74) is 2.40. The van der Waals surface area contributed by atoms with Crippen molar-refractivity contribution in [2.75, 3.05) is 45.2 Å². The fraction of sp³-hybridized carbons (Fsp3) is 0.381. The second-order valence-corrected chi connectivity index (χ2v) is 6.74. The van der Waals surface area contributed by atoms with Crippen LogP contribution in [0.2, 0.25) is 0 Å². The van der Waals surface area contributed by atoms with E-state index in [0.29, 0.717) is 0 Å². The van der Waals surface area contributed by atoms with Gasteiger partial charge < -0.3 is 14.5 Å². The van der Waals surface area contributed by atoms with Crippen molar-refractivity contribution in [3.8, 4) is 5.75 Å². The van der Waals surface area contributed by atoms with Crippen molar-refractivity contribution in [1.29, 1.82) is 0 Å². The highest BCUT2D eigenvalue weighted by Gasteiger charge is 2.20. The Labute approximate surface area is 149 Å². The van der Waals surface area contributed by atoms with Gasteiger partial charge in [-0.05, 0) is 30.8 Å². The normalized spacial score (nSPS) is 20.4. The van der Waals surface area contributed by atoms with Crippen molar-refractivity contribution >= 4 is 11.8 Å². The molecule has 2 aliphatic heterocycles. The summed E-state index contributed by atoms with van der Waals surface area (Å²) in [7, 11) is 3.92. The lowest BCUT2D eigenvalue weighted by Crippen LogP contribution is -2.45. The van der Waals surface area contributed by atoms with E-state index in [1.165, 1.54) is 5.56 Å². The van der Waals surface area contributed by atoms with Crippen molar-refractivity contribution in [2.45, 2.75) is 12.5 Å². The summed E-state index contributed by atoms with van der Waals surface area (Å²) in [6.45, 7) is 4.20. The first-order valence-electron chi connectivity index (χ1n) is 8.90. The van der Waals surface area contributed by atoms with Gasteiger partial charge in [0.25, 0.3) is 0 Å². The van der Waals surface area contributed by atoms with Crippen LogP contribution in [-0.2, 0) is 0 Å². The predicted octanol–water partition coefficient (Wildman–Crippen LogP) is 1.87. The lowest BCUT2D eigenvalue weighted by atomic mass is 10.0. The van der Waals surface area contributed by atoms with Crippen LogP contribution in [0.4, 0.5) is 5.69 Å². The van der Waals surface area contributed by atoms with Crippen LogP contribution in [0.15, 0.2) is 47.5 Å². The molecule has 1 fully saturated rings. The van der Waals surface area contributed by atoms with Crippen molar-refractivity contribution in [3.63, 3.8) is 0 Å². The number of anilines is 1. The van der Waals surface area contributed by atoms with Gasteiger partial charge in [-0.2, -0.15) is 0 Å². The van der Waals surface area contributed by atoms with E-state index < -0.39 is 0 Å². The molecule has 2 aliphatic rings. The standard InChI is InChI=1S/C21H24N3O/c1-23-12-14-24(15-13-23)20-11-10-19-17(21(20)25-2)8-9-18(22-19)16-6-4-3-5-7-16/h3-7,10-11,18H,9,12-15H2,1-2H3. The van der Waals surface area contributed by atoms with Crippen molar-refractivity contribution < 1.29 is 4.74 Å². The van der Waals surface area contributed by atoms with Crippen molar-refractivity contribution in [1.82, 2.24) is 4.90 Å². The van der Waals surface area contributed by atoms with Gasteiger partial charge in [-0.25, -0.2) is 0 Å². The molecule has 4 nitrogen and oxygen atoms in total. The second kappa shape index (κ2) is 6.89. The van der Waals surface area contributed by atoms with E-state index in [4.69, 9.17) is 9.73 Å². The molecule has 2 aromatic carbocycles. The van der Waals surface area contributed by atoms with Crippen molar-refractivity contribution in [2.24, 2.45) is 4.99 Å². The van der Waals surface area contributed by atoms with E-state index >= 15 is 0 Å². The average molecular weight is 334 g/mol. The number of hydrogen-bond donors (Lipinski definition) is 0. The smallest absolute Gasteiger partial charge is 0.151 e. The Morgan fingerprint density at radius 1 is 1.04 bits per heavy atom. The summed E-state index contributed by atoms with van der Waals surface area (Å²) in [4.78, 5) is 9.72. The lowest BCUT2D eigenvalue weighted by Gasteiger charge is -2.35. The fourth-order valence-electron chi connectivity index (χ4n) is 3.62. The molecule has 0 spiro atoms. The maximum atomic E-state index is 5.79. The third-order valence-corrected chi connectivity index (χ3v) is 5.11. The minimum Gasteiger partial charge on any atom is -0.494 e. The van der Waals surface area contributed by atoms with Gasteiger partial charge in [0, 0.05) is 37.8 Å². The van der Waals surface area contributed by atoms with Crippen LogP contribution in [0.5, 0.6) is 5.75 Å². The van der Waals surface area contributed by atoms with Crippen LogP contribution in [0.1, 0.15) is 18.0 Å². The van der Waals surface area contributed by atoms with E-state index in [2.05, 4.69) is 59.3 Å². The number of ether oxygens (including phenoxy) is 1. The fourth-order valence-corrected chi connectivity index (χ4v) is 3.62. The van der Waals surface area contributed by atoms with Crippen LogP contribution in [0, 0.1) is 0 Å². The monoisotopic (exact) mass is 334 g/mol. The first-order chi connectivity index (χ1) is 12.3. The molecular weight excluding hydrogens is 310 g/mol. The number of likely N-dealkylation sites (N-methyl/N-ethyl adjacent to an activating group) is 1. The van der Waals surface area contributed by atoms with Crippen LogP contribution >= 0.6 is 0 Å². The molecule has 0 aromatic heterocycles. The summed E-state index contributed by atoms with van der Waals surface area (Å²) in [5.74, 6) is 0.914. The molecule has 2 aromatic rings. The number of benzene rings is 2. The van der Waals surface area contributed by atoms with E-state index in [9.17, 15) is 0 Å². The lowest BCUT2D eigenvalue weighted by molar-refractivity contribution is 0.311. The van der Waals surface area contributed by atoms with Gasteiger partial charge in [0.15, 0.2) is 5.75 Å². The molecule has 25 heavy (non-hydrogen) atoms. The van der Waals surface area contributed by atoms with Crippen LogP contribution < -0.4 is 20.2 Å². The van der Waals surface area contributed by atoms with E-state index in [0.717, 1.165) is 54.6 Å². The van der Waals surface area contributed by atoms with Gasteiger partial charge in [-0.3, -0.25) is 4.99 Å². The van der Waals surface area contributed by atoms with Gasteiger partial charge in [0.1, 0.15) is 0 Å².